The van der Waals surface area contributed by atoms with Crippen molar-refractivity contribution in [2.75, 3.05) is 41.4 Å². The quantitative estimate of drug-likeness (QED) is 0.454. The van der Waals surface area contributed by atoms with Gasteiger partial charge in [0.25, 0.3) is 0 Å². The molecule has 4 rings (SSSR count). The Bertz CT molecular complexity index is 1250. The average Bonchev–Trinajstić information content (AvgIpc) is 3.08. The van der Waals surface area contributed by atoms with Gasteiger partial charge in [-0.05, 0) is 25.1 Å². The fraction of sp³-hybridized carbons (Fsp3) is 0.333. The van der Waals surface area contributed by atoms with E-state index in [2.05, 4.69) is 15.4 Å². The van der Waals surface area contributed by atoms with Gasteiger partial charge in [-0.2, -0.15) is 18.3 Å². The van der Waals surface area contributed by atoms with E-state index in [-0.39, 0.29) is 12.1 Å². The molecule has 0 radical (unpaired) electrons. The van der Waals surface area contributed by atoms with Crippen LogP contribution in [0, 0.1) is 12.7 Å². The number of fused-ring (bicyclic) bond motifs is 1. The number of hydrogen-bond donors (Lipinski definition) is 1. The van der Waals surface area contributed by atoms with Crippen molar-refractivity contribution in [3.8, 4) is 0 Å². The van der Waals surface area contributed by atoms with Crippen molar-refractivity contribution >= 4 is 40.5 Å². The molecule has 9 nitrogen and oxygen atoms in total. The number of ether oxygens (including phenoxy) is 1. The number of halogens is 4. The lowest BCUT2D eigenvalue weighted by molar-refractivity contribution is -0.140. The van der Waals surface area contributed by atoms with Crippen LogP contribution in [0.4, 0.5) is 39.4 Å². The highest BCUT2D eigenvalue weighted by molar-refractivity contribution is 6.14. The van der Waals surface area contributed by atoms with Gasteiger partial charge in [0.15, 0.2) is 5.65 Å². The van der Waals surface area contributed by atoms with Crippen molar-refractivity contribution in [1.82, 2.24) is 14.8 Å². The lowest BCUT2D eigenvalue weighted by Crippen LogP contribution is -2.38. The van der Waals surface area contributed by atoms with Gasteiger partial charge in [-0.15, -0.1) is 0 Å². The zero-order valence-electron chi connectivity index (χ0n) is 18.2. The molecular weight excluding hydrogens is 460 g/mol. The van der Waals surface area contributed by atoms with Gasteiger partial charge < -0.3 is 15.0 Å². The molecular formula is C21H20F4N6O3. The van der Waals surface area contributed by atoms with Crippen LogP contribution in [0.1, 0.15) is 11.3 Å². The van der Waals surface area contributed by atoms with Gasteiger partial charge in [-0.3, -0.25) is 9.48 Å². The standard InChI is InChI=1S/C21H20F4N6O3/c1-12-17-18(30-5-7-34-8-6-30)16(10-26-19(17)29(2)28-12)27-20(33)31(11-32)13-3-4-15(22)14(9-13)21(23,24)25/h3-4,9-11H,5-8H2,1-2H3,(H,27,33). The van der Waals surface area contributed by atoms with Gasteiger partial charge in [0.2, 0.25) is 6.41 Å². The van der Waals surface area contributed by atoms with Gasteiger partial charge in [0.1, 0.15) is 5.82 Å². The summed E-state index contributed by atoms with van der Waals surface area (Å²) in [6.45, 7) is 3.72. The SMILES string of the molecule is Cc1nn(C)c2ncc(NC(=O)N(C=O)c3ccc(F)c(C(F)(F)F)c3)c(N3CCOCC3)c12. The molecule has 2 aromatic heterocycles. The number of carbonyl (C=O) groups is 2. The predicted octanol–water partition coefficient (Wildman–Crippen LogP) is 3.47. The van der Waals surface area contributed by atoms with E-state index < -0.39 is 29.3 Å². The molecule has 180 valence electrons. The van der Waals surface area contributed by atoms with E-state index in [1.807, 2.05) is 4.90 Å². The normalized spacial score (nSPS) is 14.4. The van der Waals surface area contributed by atoms with Crippen LogP contribution in [0.15, 0.2) is 24.4 Å². The molecule has 3 aromatic rings. The summed E-state index contributed by atoms with van der Waals surface area (Å²) >= 11 is 0. The van der Waals surface area contributed by atoms with Crippen LogP contribution in [0.3, 0.4) is 0 Å². The van der Waals surface area contributed by atoms with Crippen LogP contribution in [0.2, 0.25) is 0 Å². The number of amides is 3. The number of pyridine rings is 1. The highest BCUT2D eigenvalue weighted by Crippen LogP contribution is 2.37. The van der Waals surface area contributed by atoms with Gasteiger partial charge in [-0.25, -0.2) is 19.1 Å². The highest BCUT2D eigenvalue weighted by Gasteiger charge is 2.35. The maximum Gasteiger partial charge on any atom is 0.419 e. The first kappa shape index (κ1) is 23.4. The minimum Gasteiger partial charge on any atom is -0.378 e. The van der Waals surface area contributed by atoms with E-state index in [9.17, 15) is 27.2 Å². The highest BCUT2D eigenvalue weighted by atomic mass is 19.4. The molecule has 0 unspecified atom stereocenters. The molecule has 1 aliphatic rings. The number of rotatable bonds is 4. The molecule has 13 heteroatoms. The van der Waals surface area contributed by atoms with Gasteiger partial charge in [0.05, 0.1) is 53.1 Å². The number of carbonyl (C=O) groups excluding carboxylic acids is 2. The Labute approximate surface area is 190 Å². The number of hydrogen-bond acceptors (Lipinski definition) is 6. The number of nitrogens with one attached hydrogen (secondary N) is 1. The van der Waals surface area contributed by atoms with Crippen molar-refractivity contribution in [3.05, 3.63) is 41.5 Å². The second-order valence-corrected chi connectivity index (χ2v) is 7.59. The van der Waals surface area contributed by atoms with Gasteiger partial charge in [-0.1, -0.05) is 0 Å². The fourth-order valence-corrected chi connectivity index (χ4v) is 3.88. The van der Waals surface area contributed by atoms with Crippen LogP contribution < -0.4 is 15.1 Å². The topological polar surface area (TPSA) is 92.6 Å². The van der Waals surface area contributed by atoms with Crippen molar-refractivity contribution in [1.29, 1.82) is 0 Å². The first-order valence-corrected chi connectivity index (χ1v) is 10.2. The van der Waals surface area contributed by atoms with Crippen LogP contribution in [0.5, 0.6) is 0 Å². The predicted molar refractivity (Wildman–Crippen MR) is 115 cm³/mol. The van der Waals surface area contributed by atoms with Crippen LogP contribution in [-0.4, -0.2) is 53.5 Å². The Morgan fingerprint density at radius 1 is 1.26 bits per heavy atom. The second kappa shape index (κ2) is 8.89. The number of anilines is 3. The van der Waals surface area contributed by atoms with Crippen molar-refractivity contribution < 1.29 is 31.9 Å². The summed E-state index contributed by atoms with van der Waals surface area (Å²) in [7, 11) is 1.73. The van der Waals surface area contributed by atoms with E-state index >= 15 is 0 Å². The van der Waals surface area contributed by atoms with Crippen LogP contribution in [0.25, 0.3) is 11.0 Å². The third-order valence-corrected chi connectivity index (χ3v) is 5.43. The number of morpholine rings is 1. The summed E-state index contributed by atoms with van der Waals surface area (Å²) in [6.07, 6.45) is -3.55. The Kier molecular flexibility index (Phi) is 6.13. The number of imide groups is 1. The molecule has 1 aromatic carbocycles. The molecule has 0 atom stereocenters. The summed E-state index contributed by atoms with van der Waals surface area (Å²) in [5, 5.41) is 7.62. The molecule has 1 N–H and O–H groups in total. The first-order chi connectivity index (χ1) is 16.1. The van der Waals surface area contributed by atoms with E-state index in [0.717, 1.165) is 6.07 Å². The number of benzene rings is 1. The Morgan fingerprint density at radius 2 is 1.97 bits per heavy atom. The molecule has 3 heterocycles. The molecule has 34 heavy (non-hydrogen) atoms. The largest absolute Gasteiger partial charge is 0.419 e. The van der Waals surface area contributed by atoms with E-state index in [1.165, 1.54) is 6.20 Å². The summed E-state index contributed by atoms with van der Waals surface area (Å²) in [5.41, 5.74) is 0.0305. The van der Waals surface area contributed by atoms with Gasteiger partial charge in [0, 0.05) is 20.1 Å². The van der Waals surface area contributed by atoms with E-state index in [4.69, 9.17) is 4.74 Å². The van der Waals surface area contributed by atoms with Crippen LogP contribution in [-0.2, 0) is 22.8 Å². The minimum absolute atomic E-state index is 0.0540. The molecule has 1 saturated heterocycles. The third-order valence-electron chi connectivity index (χ3n) is 5.43. The molecule has 0 bridgehead atoms. The number of aryl methyl sites for hydroxylation is 2. The molecule has 1 fully saturated rings. The molecule has 0 spiro atoms. The molecule has 1 aliphatic heterocycles. The van der Waals surface area contributed by atoms with E-state index in [0.29, 0.717) is 65.8 Å². The van der Waals surface area contributed by atoms with Crippen molar-refractivity contribution in [2.24, 2.45) is 7.05 Å². The zero-order chi connectivity index (χ0) is 24.6. The first-order valence-electron chi connectivity index (χ1n) is 10.2. The smallest absolute Gasteiger partial charge is 0.378 e. The van der Waals surface area contributed by atoms with Crippen LogP contribution >= 0.6 is 0 Å². The summed E-state index contributed by atoms with van der Waals surface area (Å²) < 4.78 is 60.0. The van der Waals surface area contributed by atoms with Crippen molar-refractivity contribution in [3.63, 3.8) is 0 Å². The molecule has 3 amide bonds. The summed E-state index contributed by atoms with van der Waals surface area (Å²) in [5.74, 6) is -1.51. The summed E-state index contributed by atoms with van der Waals surface area (Å²) in [4.78, 5) is 31.4. The number of urea groups is 1. The molecule has 0 aliphatic carbocycles. The lowest BCUT2D eigenvalue weighted by Gasteiger charge is -2.31. The molecule has 0 saturated carbocycles. The number of aromatic nitrogens is 3. The Morgan fingerprint density at radius 3 is 2.62 bits per heavy atom. The Hall–Kier alpha value is -3.74. The maximum absolute atomic E-state index is 13.7. The minimum atomic E-state index is -5.00. The van der Waals surface area contributed by atoms with Gasteiger partial charge >= 0.3 is 12.2 Å². The second-order valence-electron chi connectivity index (χ2n) is 7.59. The Balaban J connectivity index is 1.74. The van der Waals surface area contributed by atoms with Crippen molar-refractivity contribution in [2.45, 2.75) is 13.1 Å². The summed E-state index contributed by atoms with van der Waals surface area (Å²) in [6, 6.07) is 0.827. The zero-order valence-corrected chi connectivity index (χ0v) is 18.2. The lowest BCUT2D eigenvalue weighted by atomic mass is 10.1. The maximum atomic E-state index is 13.7. The number of nitrogens with zero attached hydrogens (tertiary/aromatic N) is 5. The average molecular weight is 480 g/mol. The van der Waals surface area contributed by atoms with E-state index in [1.54, 1.807) is 18.7 Å². The fourth-order valence-electron chi connectivity index (χ4n) is 3.88. The third kappa shape index (κ3) is 4.25. The monoisotopic (exact) mass is 480 g/mol. The number of alkyl halides is 3.